The average molecular weight is 799 g/mol. The number of methoxy groups -OCH3 is 1. The molecular weight excluding hydrogens is 748 g/mol. The van der Waals surface area contributed by atoms with E-state index in [1.165, 1.54) is 31.9 Å². The van der Waals surface area contributed by atoms with Gasteiger partial charge >= 0.3 is 11.9 Å². The molecule has 0 aromatic heterocycles. The quantitative estimate of drug-likeness (QED) is 0.0454. The van der Waals surface area contributed by atoms with E-state index in [1.807, 2.05) is 18.2 Å². The van der Waals surface area contributed by atoms with Crippen molar-refractivity contribution in [3.05, 3.63) is 70.3 Å². The minimum Gasteiger partial charge on any atom is -0.502 e. The van der Waals surface area contributed by atoms with Gasteiger partial charge in [-0.1, -0.05) is 31.2 Å². The number of guanidine groups is 1. The Balaban J connectivity index is 1.44. The minimum absolute atomic E-state index is 0.000473. The molecule has 1 fully saturated rings. The van der Waals surface area contributed by atoms with E-state index in [0.717, 1.165) is 18.1 Å². The number of hydrogen-bond donors (Lipinski definition) is 9. The summed E-state index contributed by atoms with van der Waals surface area (Å²) in [5.41, 5.74) is 6.03. The highest BCUT2D eigenvalue weighted by molar-refractivity contribution is 5.95. The van der Waals surface area contributed by atoms with Crippen LogP contribution in [0.3, 0.4) is 0 Å². The van der Waals surface area contributed by atoms with Crippen LogP contribution in [-0.4, -0.2) is 125 Å². The third kappa shape index (κ3) is 9.54. The van der Waals surface area contributed by atoms with Crippen molar-refractivity contribution < 1.29 is 68.6 Å². The van der Waals surface area contributed by atoms with Gasteiger partial charge in [-0.15, -0.1) is 0 Å². The molecule has 1 saturated heterocycles. The van der Waals surface area contributed by atoms with Gasteiger partial charge in [0.25, 0.3) is 0 Å². The van der Waals surface area contributed by atoms with E-state index in [9.17, 15) is 40.2 Å². The van der Waals surface area contributed by atoms with Crippen LogP contribution in [-0.2, 0) is 28.7 Å². The maximum absolute atomic E-state index is 13.7. The normalized spacial score (nSPS) is 22.7. The Morgan fingerprint density at radius 2 is 1.84 bits per heavy atom. The number of anilines is 1. The van der Waals surface area contributed by atoms with Crippen LogP contribution >= 0.6 is 0 Å². The average Bonchev–Trinajstić information content (AvgIpc) is 3.20. The van der Waals surface area contributed by atoms with E-state index in [2.05, 4.69) is 28.6 Å². The fourth-order valence-corrected chi connectivity index (χ4v) is 6.60. The molecule has 0 unspecified atom stereocenters. The summed E-state index contributed by atoms with van der Waals surface area (Å²) in [7, 11) is 2.74. The number of aliphatic hydroxyl groups excluding tert-OH is 4. The second kappa shape index (κ2) is 18.6. The lowest BCUT2D eigenvalue weighted by Gasteiger charge is -2.48. The van der Waals surface area contributed by atoms with Crippen LogP contribution in [0.1, 0.15) is 57.7 Å². The Morgan fingerprint density at radius 3 is 2.53 bits per heavy atom. The van der Waals surface area contributed by atoms with Gasteiger partial charge in [0, 0.05) is 37.2 Å². The lowest BCUT2D eigenvalue weighted by atomic mass is 9.81. The number of ether oxygens (including phenoxy) is 6. The van der Waals surface area contributed by atoms with Crippen molar-refractivity contribution in [1.82, 2.24) is 5.32 Å². The molecule has 0 bridgehead atoms. The van der Waals surface area contributed by atoms with Crippen molar-refractivity contribution in [2.24, 2.45) is 10.7 Å². The van der Waals surface area contributed by atoms with Gasteiger partial charge in [-0.2, -0.15) is 0 Å². The Kier molecular flexibility index (Phi) is 13.9. The number of nitrogens with zero attached hydrogens (tertiary/aromatic N) is 1. The van der Waals surface area contributed by atoms with Gasteiger partial charge in [0.2, 0.25) is 12.0 Å². The number of carbonyl (C=O) groups excluding carboxylic acids is 1. The first-order valence-electron chi connectivity index (χ1n) is 18.3. The summed E-state index contributed by atoms with van der Waals surface area (Å²) in [5.74, 6) is -2.98. The lowest BCUT2D eigenvalue weighted by Crippen LogP contribution is -2.67. The number of phenols is 1. The van der Waals surface area contributed by atoms with E-state index in [-0.39, 0.29) is 89.9 Å². The molecule has 2 heterocycles. The van der Waals surface area contributed by atoms with Crippen molar-refractivity contribution in [3.63, 3.8) is 0 Å². The topological polar surface area (TPSA) is 273 Å². The maximum Gasteiger partial charge on any atom is 0.338 e. The molecule has 2 aliphatic heterocycles. The molecule has 0 radical (unpaired) electrons. The smallest absolute Gasteiger partial charge is 0.338 e. The number of esters is 1. The number of hydrogen-bond acceptors (Lipinski definition) is 15. The Bertz CT molecular complexity index is 1940. The van der Waals surface area contributed by atoms with Gasteiger partial charge in [0.15, 0.2) is 35.7 Å². The third-order valence-corrected chi connectivity index (χ3v) is 9.84. The van der Waals surface area contributed by atoms with Gasteiger partial charge in [-0.05, 0) is 43.4 Å². The number of nitrogens with one attached hydrogen (secondary N) is 2. The fourth-order valence-electron chi connectivity index (χ4n) is 6.60. The Labute approximate surface area is 328 Å². The molecule has 0 aliphatic carbocycles. The van der Waals surface area contributed by atoms with Crippen molar-refractivity contribution in [2.45, 2.75) is 75.8 Å². The van der Waals surface area contributed by atoms with E-state index < -0.39 is 54.8 Å². The van der Waals surface area contributed by atoms with Crippen LogP contribution in [0.4, 0.5) is 5.69 Å². The Hall–Kier alpha value is -5.53. The van der Waals surface area contributed by atoms with Gasteiger partial charge in [0.05, 0.1) is 37.1 Å². The number of aliphatic hydroxyl groups is 4. The second-order valence-corrected chi connectivity index (χ2v) is 13.7. The van der Waals surface area contributed by atoms with Crippen LogP contribution in [0.15, 0.2) is 47.5 Å². The summed E-state index contributed by atoms with van der Waals surface area (Å²) in [4.78, 5) is 29.7. The van der Waals surface area contributed by atoms with Gasteiger partial charge in [-0.3, -0.25) is 4.99 Å². The molecule has 3 aromatic carbocycles. The highest BCUT2D eigenvalue weighted by Gasteiger charge is 2.56. The molecule has 1 spiro atoms. The number of nitrogens with two attached hydrogens (primary N) is 1. The van der Waals surface area contributed by atoms with E-state index in [4.69, 9.17) is 34.2 Å². The summed E-state index contributed by atoms with van der Waals surface area (Å²) in [6.07, 6.45) is -6.16. The van der Waals surface area contributed by atoms with Crippen molar-refractivity contribution in [1.29, 1.82) is 0 Å². The molecule has 0 saturated carbocycles. The minimum atomic E-state index is -1.90. The van der Waals surface area contributed by atoms with Crippen LogP contribution in [0.5, 0.6) is 28.7 Å². The zero-order valence-corrected chi connectivity index (χ0v) is 32.1. The first-order valence-corrected chi connectivity index (χ1v) is 18.3. The number of aromatic hydroxyl groups is 1. The van der Waals surface area contributed by atoms with Crippen LogP contribution in [0.2, 0.25) is 0 Å². The molecule has 6 atom stereocenters. The van der Waals surface area contributed by atoms with E-state index in [0.29, 0.717) is 6.42 Å². The number of aromatic carboxylic acids is 1. The lowest BCUT2D eigenvalue weighted by molar-refractivity contribution is -0.320. The number of benzene rings is 3. The number of phenolic OH excluding ortho intramolecular Hbond substituents is 1. The first-order chi connectivity index (χ1) is 27.2. The maximum atomic E-state index is 13.7. The first kappa shape index (κ1) is 42.6. The van der Waals surface area contributed by atoms with Gasteiger partial charge < -0.3 is 75.4 Å². The molecular formula is C39H50N4O14. The largest absolute Gasteiger partial charge is 0.502 e. The van der Waals surface area contributed by atoms with Crippen LogP contribution in [0, 0.1) is 0 Å². The monoisotopic (exact) mass is 798 g/mol. The zero-order valence-electron chi connectivity index (χ0n) is 32.1. The molecule has 2 aliphatic rings. The van der Waals surface area contributed by atoms with E-state index >= 15 is 0 Å². The summed E-state index contributed by atoms with van der Waals surface area (Å²) >= 11 is 0. The van der Waals surface area contributed by atoms with Gasteiger partial charge in [0.1, 0.15) is 30.5 Å². The molecule has 57 heavy (non-hydrogen) atoms. The SMILES string of the molecule is CCc1cccc(CCOc2cc3c(c(OC)c2O)CC[C@]2(COC3=O)O[C@@H](Oc3cc(N[C@H](C)CO)c(C(=O)O)cc3OCNC(N)=NC)[C@H](O)[C@@H](O)[C@@H]2O)c1. The zero-order chi connectivity index (χ0) is 41.4. The highest BCUT2D eigenvalue weighted by Crippen LogP contribution is 2.46. The van der Waals surface area contributed by atoms with Crippen molar-refractivity contribution in [2.75, 3.05) is 46.0 Å². The van der Waals surface area contributed by atoms with E-state index in [1.54, 1.807) is 6.92 Å². The van der Waals surface area contributed by atoms with Crippen LogP contribution < -0.4 is 35.3 Å². The number of fused-ring (bicyclic) bond motifs is 1. The molecule has 10 N–H and O–H groups in total. The number of aryl methyl sites for hydroxylation is 1. The van der Waals surface area contributed by atoms with Crippen molar-refractivity contribution in [3.8, 4) is 28.7 Å². The highest BCUT2D eigenvalue weighted by atomic mass is 16.7. The van der Waals surface area contributed by atoms with Crippen molar-refractivity contribution >= 4 is 23.6 Å². The molecule has 310 valence electrons. The number of aliphatic imine (C=N–C) groups is 1. The predicted molar refractivity (Wildman–Crippen MR) is 204 cm³/mol. The fraction of sp³-hybridized carbons (Fsp3) is 0.462. The molecule has 3 aromatic rings. The molecule has 0 amide bonds. The third-order valence-electron chi connectivity index (χ3n) is 9.84. The number of carboxylic acid groups (broad SMARTS) is 1. The number of carbonyl (C=O) groups is 2. The molecule has 18 heteroatoms. The number of cyclic esters (lactones) is 1. The standard InChI is InChI=1S/C39H50N4O14/c1-5-21-7-6-8-22(13-21)10-12-53-29-14-24-23(33(52-4)30(29)45)9-11-39(18-54-36(24)51)34(48)31(46)32(47)37(57-39)56-28-16-26(43-20(2)17-44)25(35(49)50)15-27(28)55-19-42-38(40)41-3/h6-8,13-16,20,31-32,34,37,43-48H,5,9-12,17-19H2,1-4H3,(H,49,50)(H3,40,41,42)/t20-,31-,32-,34+,37-,39-/m1/s1. The predicted octanol–water partition coefficient (Wildman–Crippen LogP) is 1.31. The number of rotatable bonds is 15. The molecule has 18 nitrogen and oxygen atoms in total. The summed E-state index contributed by atoms with van der Waals surface area (Å²) in [6.45, 7) is 2.59. The summed E-state index contributed by atoms with van der Waals surface area (Å²) in [5, 5.41) is 70.1. The Morgan fingerprint density at radius 1 is 1.09 bits per heavy atom. The summed E-state index contributed by atoms with van der Waals surface area (Å²) in [6, 6.07) is 11.2. The van der Waals surface area contributed by atoms with Crippen LogP contribution in [0.25, 0.3) is 0 Å². The number of carboxylic acids is 1. The molecule has 5 rings (SSSR count). The van der Waals surface area contributed by atoms with Gasteiger partial charge in [-0.25, -0.2) is 9.59 Å². The second-order valence-electron chi connectivity index (χ2n) is 13.7. The summed E-state index contributed by atoms with van der Waals surface area (Å²) < 4.78 is 35.2.